The lowest BCUT2D eigenvalue weighted by Gasteiger charge is -2.06. The van der Waals surface area contributed by atoms with E-state index in [2.05, 4.69) is 29.6 Å². The highest BCUT2D eigenvalue weighted by Gasteiger charge is 2.27. The number of hydrogen-bond donors (Lipinski definition) is 1. The van der Waals surface area contributed by atoms with Gasteiger partial charge in [-0.3, -0.25) is 0 Å². The third-order valence-electron chi connectivity index (χ3n) is 3.46. The quantitative estimate of drug-likeness (QED) is 0.856. The molecule has 1 saturated heterocycles. The van der Waals surface area contributed by atoms with E-state index in [1.165, 1.54) is 5.56 Å². The van der Waals surface area contributed by atoms with Crippen LogP contribution in [-0.4, -0.2) is 31.6 Å². The first-order valence-electron chi connectivity index (χ1n) is 6.37. The Morgan fingerprint density at radius 2 is 2.18 bits per heavy atom. The van der Waals surface area contributed by atoms with Crippen LogP contribution in [0.3, 0.4) is 0 Å². The predicted molar refractivity (Wildman–Crippen MR) is 68.3 cm³/mol. The van der Waals surface area contributed by atoms with Crippen molar-refractivity contribution < 1.29 is 4.74 Å². The summed E-state index contributed by atoms with van der Waals surface area (Å²) >= 11 is 0. The van der Waals surface area contributed by atoms with Gasteiger partial charge in [0.1, 0.15) is 6.61 Å². The van der Waals surface area contributed by atoms with Crippen LogP contribution in [0.15, 0.2) is 35.3 Å². The lowest BCUT2D eigenvalue weighted by atomic mass is 10.1. The van der Waals surface area contributed by atoms with Crippen molar-refractivity contribution in [3.05, 3.63) is 35.9 Å². The van der Waals surface area contributed by atoms with Gasteiger partial charge >= 0.3 is 0 Å². The fourth-order valence-corrected chi connectivity index (χ4v) is 2.52. The molecule has 2 atom stereocenters. The second-order valence-corrected chi connectivity index (χ2v) is 4.81. The smallest absolute Gasteiger partial charge is 0.188 e. The summed E-state index contributed by atoms with van der Waals surface area (Å²) in [6.45, 7) is 2.87. The summed E-state index contributed by atoms with van der Waals surface area (Å²) < 4.78 is 5.73. The standard InChI is InChI=1S/C14H18N2O/c1-2-4-11(5-3-1)8-13-10-17-14(16-13)12-6-7-15-9-12/h1-5,12-13,15H,6-10H2. The molecule has 90 valence electrons. The SMILES string of the molecule is c1ccc(CC2COC(C3CCNC3)=N2)cc1. The number of rotatable bonds is 3. The fraction of sp³-hybridized carbons (Fsp3) is 0.500. The topological polar surface area (TPSA) is 33.6 Å². The molecule has 2 aliphatic heterocycles. The first kappa shape index (κ1) is 10.8. The molecule has 0 amide bonds. The van der Waals surface area contributed by atoms with Gasteiger partial charge in [0.05, 0.1) is 6.04 Å². The molecule has 0 aromatic heterocycles. The molecule has 3 heteroatoms. The van der Waals surface area contributed by atoms with Crippen molar-refractivity contribution in [3.8, 4) is 0 Å². The molecule has 1 aromatic carbocycles. The Morgan fingerprint density at radius 3 is 2.94 bits per heavy atom. The van der Waals surface area contributed by atoms with Crippen molar-refractivity contribution in [2.75, 3.05) is 19.7 Å². The van der Waals surface area contributed by atoms with Crippen LogP contribution in [0.1, 0.15) is 12.0 Å². The van der Waals surface area contributed by atoms with E-state index in [9.17, 15) is 0 Å². The van der Waals surface area contributed by atoms with E-state index >= 15 is 0 Å². The summed E-state index contributed by atoms with van der Waals surface area (Å²) in [6.07, 6.45) is 2.15. The van der Waals surface area contributed by atoms with Crippen molar-refractivity contribution >= 4 is 5.90 Å². The van der Waals surface area contributed by atoms with E-state index in [-0.39, 0.29) is 0 Å². The van der Waals surface area contributed by atoms with Crippen molar-refractivity contribution in [2.45, 2.75) is 18.9 Å². The van der Waals surface area contributed by atoms with Crippen molar-refractivity contribution in [1.29, 1.82) is 0 Å². The number of nitrogens with one attached hydrogen (secondary N) is 1. The molecule has 0 bridgehead atoms. The Hall–Kier alpha value is -1.35. The van der Waals surface area contributed by atoms with E-state index in [0.717, 1.165) is 38.4 Å². The van der Waals surface area contributed by atoms with Crippen LogP contribution in [0.5, 0.6) is 0 Å². The summed E-state index contributed by atoms with van der Waals surface area (Å²) in [4.78, 5) is 4.72. The third-order valence-corrected chi connectivity index (χ3v) is 3.46. The largest absolute Gasteiger partial charge is 0.478 e. The highest BCUT2D eigenvalue weighted by Crippen LogP contribution is 2.19. The van der Waals surface area contributed by atoms with Gasteiger partial charge in [-0.25, -0.2) is 4.99 Å². The maximum atomic E-state index is 5.73. The molecule has 0 saturated carbocycles. The van der Waals surface area contributed by atoms with Crippen LogP contribution in [0.2, 0.25) is 0 Å². The Bertz CT molecular complexity index is 396. The first-order valence-corrected chi connectivity index (χ1v) is 6.37. The molecular formula is C14H18N2O. The summed E-state index contributed by atoms with van der Waals surface area (Å²) in [5, 5.41) is 3.35. The minimum Gasteiger partial charge on any atom is -0.478 e. The number of nitrogens with zero attached hydrogens (tertiary/aromatic N) is 1. The molecule has 3 nitrogen and oxygen atoms in total. The van der Waals surface area contributed by atoms with E-state index in [1.807, 2.05) is 6.07 Å². The minimum absolute atomic E-state index is 0.313. The van der Waals surface area contributed by atoms with Crippen LogP contribution < -0.4 is 5.32 Å². The zero-order chi connectivity index (χ0) is 11.5. The summed E-state index contributed by atoms with van der Waals surface area (Å²) in [6, 6.07) is 10.8. The van der Waals surface area contributed by atoms with Crippen LogP contribution in [0.25, 0.3) is 0 Å². The van der Waals surface area contributed by atoms with E-state index in [1.54, 1.807) is 0 Å². The van der Waals surface area contributed by atoms with Gasteiger partial charge in [-0.15, -0.1) is 0 Å². The number of benzene rings is 1. The minimum atomic E-state index is 0.313. The maximum absolute atomic E-state index is 5.73. The fourth-order valence-electron chi connectivity index (χ4n) is 2.52. The molecule has 0 aliphatic carbocycles. The van der Waals surface area contributed by atoms with Crippen LogP contribution in [-0.2, 0) is 11.2 Å². The zero-order valence-electron chi connectivity index (χ0n) is 9.93. The Labute approximate surface area is 102 Å². The Morgan fingerprint density at radius 1 is 1.29 bits per heavy atom. The van der Waals surface area contributed by atoms with Gasteiger partial charge in [0.25, 0.3) is 0 Å². The zero-order valence-corrected chi connectivity index (χ0v) is 9.93. The molecule has 3 rings (SSSR count). The number of hydrogen-bond acceptors (Lipinski definition) is 3. The Kier molecular flexibility index (Phi) is 3.10. The average molecular weight is 230 g/mol. The molecule has 2 aliphatic rings. The maximum Gasteiger partial charge on any atom is 0.188 e. The lowest BCUT2D eigenvalue weighted by Crippen LogP contribution is -2.17. The summed E-state index contributed by atoms with van der Waals surface area (Å²) in [5.74, 6) is 1.49. The molecule has 17 heavy (non-hydrogen) atoms. The second kappa shape index (κ2) is 4.88. The highest BCUT2D eigenvalue weighted by molar-refractivity contribution is 5.80. The lowest BCUT2D eigenvalue weighted by molar-refractivity contribution is 0.299. The normalized spacial score (nSPS) is 27.9. The average Bonchev–Trinajstić information content (AvgIpc) is 3.00. The van der Waals surface area contributed by atoms with Gasteiger partial charge in [0.15, 0.2) is 5.90 Å². The van der Waals surface area contributed by atoms with Crippen molar-refractivity contribution in [3.63, 3.8) is 0 Å². The van der Waals surface area contributed by atoms with Gasteiger partial charge < -0.3 is 10.1 Å². The van der Waals surface area contributed by atoms with E-state index in [4.69, 9.17) is 9.73 Å². The molecule has 2 heterocycles. The van der Waals surface area contributed by atoms with Gasteiger partial charge in [0.2, 0.25) is 0 Å². The first-order chi connectivity index (χ1) is 8.42. The van der Waals surface area contributed by atoms with Crippen molar-refractivity contribution in [1.82, 2.24) is 5.32 Å². The summed E-state index contributed by atoms with van der Waals surface area (Å²) in [5.41, 5.74) is 1.34. The molecule has 1 N–H and O–H groups in total. The number of ether oxygens (including phenoxy) is 1. The predicted octanol–water partition coefficient (Wildman–Crippen LogP) is 1.64. The molecule has 0 radical (unpaired) electrons. The van der Waals surface area contributed by atoms with Gasteiger partial charge in [-0.05, 0) is 24.9 Å². The van der Waals surface area contributed by atoms with Crippen LogP contribution in [0.4, 0.5) is 0 Å². The second-order valence-electron chi connectivity index (χ2n) is 4.81. The van der Waals surface area contributed by atoms with Gasteiger partial charge in [-0.2, -0.15) is 0 Å². The van der Waals surface area contributed by atoms with Gasteiger partial charge in [0, 0.05) is 12.5 Å². The van der Waals surface area contributed by atoms with Crippen molar-refractivity contribution in [2.24, 2.45) is 10.9 Å². The van der Waals surface area contributed by atoms with Crippen LogP contribution >= 0.6 is 0 Å². The van der Waals surface area contributed by atoms with Crippen LogP contribution in [0, 0.1) is 5.92 Å². The summed E-state index contributed by atoms with van der Waals surface area (Å²) in [7, 11) is 0. The monoisotopic (exact) mass is 230 g/mol. The highest BCUT2D eigenvalue weighted by atomic mass is 16.5. The Balaban J connectivity index is 1.62. The molecule has 1 fully saturated rings. The molecule has 2 unspecified atom stereocenters. The molecule has 1 aromatic rings. The van der Waals surface area contributed by atoms with E-state index in [0.29, 0.717) is 12.0 Å². The molecular weight excluding hydrogens is 212 g/mol. The number of aliphatic imine (C=N–C) groups is 1. The van der Waals surface area contributed by atoms with E-state index < -0.39 is 0 Å². The third kappa shape index (κ3) is 2.50. The van der Waals surface area contributed by atoms with Gasteiger partial charge in [-0.1, -0.05) is 30.3 Å². The molecule has 0 spiro atoms.